The maximum Gasteiger partial charge on any atom is 0.336 e. The molecule has 0 fully saturated rings. The Morgan fingerprint density at radius 2 is 1.78 bits per heavy atom. The highest BCUT2D eigenvalue weighted by Crippen LogP contribution is 2.45. The number of nitrogens with two attached hydrogens (primary N) is 1. The van der Waals surface area contributed by atoms with Crippen LogP contribution in [0.25, 0.3) is 33.4 Å². The lowest BCUT2D eigenvalue weighted by atomic mass is 9.90. The summed E-state index contributed by atoms with van der Waals surface area (Å²) in [6.45, 7) is 0. The Balaban J connectivity index is 2.37. The van der Waals surface area contributed by atoms with Crippen molar-refractivity contribution in [2.45, 2.75) is 9.79 Å². The Hall–Kier alpha value is -3.58. The second-order valence-electron chi connectivity index (χ2n) is 6.72. The zero-order chi connectivity index (χ0) is 23.4. The normalized spacial score (nSPS) is 12.8. The van der Waals surface area contributed by atoms with Crippen LogP contribution < -0.4 is 11.1 Å². The first-order valence-electron chi connectivity index (χ1n) is 8.78. The highest BCUT2D eigenvalue weighted by atomic mass is 32.2. The molecule has 0 amide bonds. The lowest BCUT2D eigenvalue weighted by Gasteiger charge is -2.20. The van der Waals surface area contributed by atoms with Crippen LogP contribution in [-0.4, -0.2) is 32.8 Å². The van der Waals surface area contributed by atoms with Gasteiger partial charge in [0.15, 0.2) is 16.2 Å². The van der Waals surface area contributed by atoms with Gasteiger partial charge in [-0.2, -0.15) is 8.42 Å². The molecule has 1 heterocycles. The number of rotatable bonds is 4. The Morgan fingerprint density at radius 3 is 2.41 bits per heavy atom. The van der Waals surface area contributed by atoms with Crippen molar-refractivity contribution >= 4 is 43.8 Å². The van der Waals surface area contributed by atoms with Crippen LogP contribution in [0.5, 0.6) is 0 Å². The summed E-state index contributed by atoms with van der Waals surface area (Å²) in [5.74, 6) is -1.79. The molecule has 0 saturated heterocycles. The van der Waals surface area contributed by atoms with Gasteiger partial charge in [0, 0.05) is 16.5 Å². The van der Waals surface area contributed by atoms with Crippen molar-refractivity contribution in [2.75, 3.05) is 5.73 Å². The maximum atomic E-state index is 12.0. The molecule has 164 valence electrons. The maximum absolute atomic E-state index is 12.0. The highest BCUT2D eigenvalue weighted by molar-refractivity contribution is 7.86. The van der Waals surface area contributed by atoms with E-state index in [2.05, 4.69) is 0 Å². The van der Waals surface area contributed by atoms with Gasteiger partial charge in [-0.15, -0.1) is 0 Å². The van der Waals surface area contributed by atoms with E-state index in [1.807, 2.05) is 0 Å². The molecule has 5 N–H and O–H groups in total. The summed E-state index contributed by atoms with van der Waals surface area (Å²) in [6.07, 6.45) is 0. The minimum absolute atomic E-state index is 0.0437. The summed E-state index contributed by atoms with van der Waals surface area (Å²) in [6, 6.07) is 11.0. The average Bonchev–Trinajstić information content (AvgIpc) is 2.70. The SMILES string of the molecule is N=c1ccc2c(-c3ccccc3C(=O)O)c3ccc(N)c(S(=O)[O-])c3oc-2c1S(=O)(=O)O. The van der Waals surface area contributed by atoms with Crippen molar-refractivity contribution in [1.29, 1.82) is 5.41 Å². The van der Waals surface area contributed by atoms with Gasteiger partial charge in [0.25, 0.3) is 10.1 Å². The molecule has 1 aliphatic heterocycles. The standard InChI is InChI=1S/C20H14N2O8S2/c21-13-7-5-11-15(9-3-1-2-4-10(9)20(23)24)12-6-8-14(22)19(32(27,28)29)17(12)30-16(11)18(13)31(25)26/h1-8,22H,21H2,(H,23,24)(H,25,26)(H,27,28,29)/p-1. The first kappa shape index (κ1) is 21.6. The largest absolute Gasteiger partial charge is 0.768 e. The molecule has 1 aliphatic carbocycles. The van der Waals surface area contributed by atoms with Gasteiger partial charge >= 0.3 is 5.97 Å². The molecule has 12 heteroatoms. The zero-order valence-electron chi connectivity index (χ0n) is 15.9. The topological polar surface area (TPSA) is 195 Å². The predicted octanol–water partition coefficient (Wildman–Crippen LogP) is 2.45. The van der Waals surface area contributed by atoms with E-state index in [9.17, 15) is 31.6 Å². The van der Waals surface area contributed by atoms with Crippen LogP contribution in [-0.2, 0) is 21.2 Å². The molecule has 0 saturated carbocycles. The van der Waals surface area contributed by atoms with Crippen molar-refractivity contribution in [1.82, 2.24) is 0 Å². The summed E-state index contributed by atoms with van der Waals surface area (Å²) in [5.41, 5.74) is 5.43. The molecule has 0 bridgehead atoms. The van der Waals surface area contributed by atoms with Crippen LogP contribution in [0.15, 0.2) is 62.7 Å². The van der Waals surface area contributed by atoms with Gasteiger partial charge in [0.2, 0.25) is 0 Å². The third-order valence-electron chi connectivity index (χ3n) is 4.85. The summed E-state index contributed by atoms with van der Waals surface area (Å²) in [7, 11) is -4.98. The van der Waals surface area contributed by atoms with Gasteiger partial charge in [-0.1, -0.05) is 18.2 Å². The van der Waals surface area contributed by atoms with E-state index in [4.69, 9.17) is 15.6 Å². The van der Waals surface area contributed by atoms with Crippen LogP contribution >= 0.6 is 0 Å². The molecule has 0 aromatic heterocycles. The molecule has 0 radical (unpaired) electrons. The van der Waals surface area contributed by atoms with Crippen LogP contribution in [0.2, 0.25) is 0 Å². The highest BCUT2D eigenvalue weighted by Gasteiger charge is 2.29. The minimum Gasteiger partial charge on any atom is -0.768 e. The number of fused-ring (bicyclic) bond motifs is 2. The van der Waals surface area contributed by atoms with E-state index in [1.54, 1.807) is 6.07 Å². The van der Waals surface area contributed by atoms with Crippen molar-refractivity contribution in [3.05, 3.63) is 59.5 Å². The fraction of sp³-hybridized carbons (Fsp3) is 0. The molecule has 0 spiro atoms. The van der Waals surface area contributed by atoms with Gasteiger partial charge < -0.3 is 19.8 Å². The predicted molar refractivity (Wildman–Crippen MR) is 112 cm³/mol. The second kappa shape index (κ2) is 7.53. The van der Waals surface area contributed by atoms with Crippen LogP contribution in [0.1, 0.15) is 10.4 Å². The van der Waals surface area contributed by atoms with Crippen molar-refractivity contribution in [3.63, 3.8) is 0 Å². The third kappa shape index (κ3) is 3.35. The van der Waals surface area contributed by atoms with Crippen LogP contribution in [0, 0.1) is 5.41 Å². The van der Waals surface area contributed by atoms with Gasteiger partial charge in [-0.25, -0.2) is 4.79 Å². The summed E-state index contributed by atoms with van der Waals surface area (Å²) in [5, 5.41) is 17.2. The van der Waals surface area contributed by atoms with Crippen molar-refractivity contribution < 1.29 is 36.1 Å². The zero-order valence-corrected chi connectivity index (χ0v) is 17.5. The summed E-state index contributed by atoms with van der Waals surface area (Å²) in [4.78, 5) is 10.5. The van der Waals surface area contributed by atoms with Crippen LogP contribution in [0.3, 0.4) is 0 Å². The second-order valence-corrected chi connectivity index (χ2v) is 8.95. The molecule has 4 rings (SSSR count). The molecular formula is C20H13N2O8S2-. The van der Waals surface area contributed by atoms with Crippen molar-refractivity contribution in [3.8, 4) is 22.5 Å². The quantitative estimate of drug-likeness (QED) is 0.149. The molecule has 2 aliphatic rings. The van der Waals surface area contributed by atoms with Gasteiger partial charge in [-0.3, -0.25) is 14.2 Å². The smallest absolute Gasteiger partial charge is 0.336 e. The fourth-order valence-electron chi connectivity index (χ4n) is 3.59. The van der Waals surface area contributed by atoms with Crippen molar-refractivity contribution in [2.24, 2.45) is 0 Å². The van der Waals surface area contributed by atoms with Gasteiger partial charge in [-0.05, 0) is 47.0 Å². The van der Waals surface area contributed by atoms with E-state index in [1.165, 1.54) is 36.4 Å². The van der Waals surface area contributed by atoms with E-state index < -0.39 is 48.1 Å². The number of anilines is 1. The lowest BCUT2D eigenvalue weighted by molar-refractivity contribution is 0.0697. The number of nitrogen functional groups attached to an aromatic ring is 1. The number of carboxylic acids is 1. The molecule has 1 atom stereocenters. The van der Waals surface area contributed by atoms with Crippen LogP contribution in [0.4, 0.5) is 5.69 Å². The molecule has 2 aromatic rings. The van der Waals surface area contributed by atoms with E-state index in [0.29, 0.717) is 0 Å². The summed E-state index contributed by atoms with van der Waals surface area (Å²) >= 11 is -2.91. The first-order valence-corrected chi connectivity index (χ1v) is 11.3. The number of hydrogen-bond acceptors (Lipinski definition) is 8. The Morgan fingerprint density at radius 1 is 1.09 bits per heavy atom. The molecule has 10 nitrogen and oxygen atoms in total. The molecule has 32 heavy (non-hydrogen) atoms. The monoisotopic (exact) mass is 473 g/mol. The molecule has 1 unspecified atom stereocenters. The third-order valence-corrected chi connectivity index (χ3v) is 6.52. The van der Waals surface area contributed by atoms with E-state index in [-0.39, 0.29) is 38.9 Å². The number of carboxylic acid groups (broad SMARTS) is 1. The van der Waals surface area contributed by atoms with Gasteiger partial charge in [0.05, 0.1) is 21.5 Å². The van der Waals surface area contributed by atoms with E-state index >= 15 is 0 Å². The number of aromatic carboxylic acids is 1. The Bertz CT molecular complexity index is 1590. The number of benzene rings is 3. The molecular weight excluding hydrogens is 460 g/mol. The Kier molecular flexibility index (Phi) is 5.09. The van der Waals surface area contributed by atoms with E-state index in [0.717, 1.165) is 6.07 Å². The molecule has 2 aromatic carbocycles. The number of nitrogens with one attached hydrogen (secondary N) is 1. The summed E-state index contributed by atoms with van der Waals surface area (Å²) < 4.78 is 63.3. The average molecular weight is 473 g/mol. The number of carbonyl (C=O) groups is 1. The first-order chi connectivity index (χ1) is 15.0. The van der Waals surface area contributed by atoms with Gasteiger partial charge in [0.1, 0.15) is 0 Å². The Labute approximate surface area is 182 Å². The number of hydrogen-bond donors (Lipinski definition) is 4. The minimum atomic E-state index is -4.98. The fourth-order valence-corrected chi connectivity index (χ4v) is 4.89. The lowest BCUT2D eigenvalue weighted by Crippen LogP contribution is -2.16.